The Morgan fingerprint density at radius 3 is 2.25 bits per heavy atom. The molecule has 1 aromatic rings. The molecule has 2 N–H and O–H groups in total. The number of carbonyl (C=O) groups is 2. The van der Waals surface area contributed by atoms with Crippen LogP contribution in [0.2, 0.25) is 0 Å². The van der Waals surface area contributed by atoms with E-state index < -0.39 is 6.04 Å². The van der Waals surface area contributed by atoms with Crippen LogP contribution in [-0.2, 0) is 4.79 Å². The third kappa shape index (κ3) is 5.08. The summed E-state index contributed by atoms with van der Waals surface area (Å²) in [7, 11) is 0. The molecule has 0 radical (unpaired) electrons. The molecule has 1 aliphatic carbocycles. The van der Waals surface area contributed by atoms with Gasteiger partial charge in [-0.1, -0.05) is 57.7 Å². The summed E-state index contributed by atoms with van der Waals surface area (Å²) in [6, 6.07) is 7.20. The SMILES string of the molecule is Cc1ccccc1C(=O)N[C@H](C(=O)NC1CCCCCC1)C(C)C. The molecule has 1 aromatic carbocycles. The van der Waals surface area contributed by atoms with Crippen LogP contribution in [0.3, 0.4) is 0 Å². The lowest BCUT2D eigenvalue weighted by atomic mass is 10.0. The quantitative estimate of drug-likeness (QED) is 0.811. The number of carbonyl (C=O) groups excluding carboxylic acids is 2. The molecule has 0 aliphatic heterocycles. The Balaban J connectivity index is 2.01. The Morgan fingerprint density at radius 1 is 1.04 bits per heavy atom. The van der Waals surface area contributed by atoms with Gasteiger partial charge >= 0.3 is 0 Å². The first-order valence-electron chi connectivity index (χ1n) is 9.16. The van der Waals surface area contributed by atoms with Gasteiger partial charge in [-0.05, 0) is 37.3 Å². The Bertz CT molecular complexity index is 561. The zero-order chi connectivity index (χ0) is 17.5. The van der Waals surface area contributed by atoms with Crippen molar-refractivity contribution in [3.05, 3.63) is 35.4 Å². The van der Waals surface area contributed by atoms with E-state index in [-0.39, 0.29) is 23.8 Å². The Morgan fingerprint density at radius 2 is 1.67 bits per heavy atom. The molecular formula is C20H30N2O2. The van der Waals surface area contributed by atoms with Gasteiger partial charge in [0.15, 0.2) is 0 Å². The molecule has 24 heavy (non-hydrogen) atoms. The second kappa shape index (κ2) is 8.86. The van der Waals surface area contributed by atoms with Crippen molar-refractivity contribution in [2.75, 3.05) is 0 Å². The summed E-state index contributed by atoms with van der Waals surface area (Å²) in [5.41, 5.74) is 1.55. The van der Waals surface area contributed by atoms with Crippen LogP contribution in [0, 0.1) is 12.8 Å². The van der Waals surface area contributed by atoms with Crippen LogP contribution in [0.1, 0.15) is 68.3 Å². The third-order valence-corrected chi connectivity index (χ3v) is 4.83. The lowest BCUT2D eigenvalue weighted by Gasteiger charge is -2.25. The molecule has 0 saturated heterocycles. The van der Waals surface area contributed by atoms with Gasteiger partial charge in [0.05, 0.1) is 0 Å². The van der Waals surface area contributed by atoms with Gasteiger partial charge in [-0.15, -0.1) is 0 Å². The molecule has 1 atom stereocenters. The fourth-order valence-electron chi connectivity index (χ4n) is 3.30. The van der Waals surface area contributed by atoms with Gasteiger partial charge in [-0.25, -0.2) is 0 Å². The van der Waals surface area contributed by atoms with Crippen LogP contribution in [0.4, 0.5) is 0 Å². The van der Waals surface area contributed by atoms with Crippen LogP contribution in [0.15, 0.2) is 24.3 Å². The lowest BCUT2D eigenvalue weighted by Crippen LogP contribution is -2.52. The van der Waals surface area contributed by atoms with Crippen molar-refractivity contribution in [3.8, 4) is 0 Å². The summed E-state index contributed by atoms with van der Waals surface area (Å²) in [4.78, 5) is 25.2. The van der Waals surface area contributed by atoms with E-state index >= 15 is 0 Å². The second-order valence-corrected chi connectivity index (χ2v) is 7.21. The van der Waals surface area contributed by atoms with Crippen molar-refractivity contribution in [1.29, 1.82) is 0 Å². The molecule has 132 valence electrons. The molecule has 2 rings (SSSR count). The summed E-state index contributed by atoms with van der Waals surface area (Å²) in [6.45, 7) is 5.84. The van der Waals surface area contributed by atoms with Gasteiger partial charge in [-0.3, -0.25) is 9.59 Å². The molecule has 0 heterocycles. The minimum Gasteiger partial charge on any atom is -0.352 e. The van der Waals surface area contributed by atoms with Crippen LogP contribution in [-0.4, -0.2) is 23.9 Å². The molecule has 1 saturated carbocycles. The number of hydrogen-bond donors (Lipinski definition) is 2. The van der Waals surface area contributed by atoms with Crippen LogP contribution in [0.5, 0.6) is 0 Å². The molecule has 0 aromatic heterocycles. The molecule has 0 unspecified atom stereocenters. The molecular weight excluding hydrogens is 300 g/mol. The first-order valence-corrected chi connectivity index (χ1v) is 9.16. The lowest BCUT2D eigenvalue weighted by molar-refractivity contribution is -0.124. The van der Waals surface area contributed by atoms with Gasteiger partial charge in [0.1, 0.15) is 6.04 Å². The number of hydrogen-bond acceptors (Lipinski definition) is 2. The van der Waals surface area contributed by atoms with E-state index in [1.807, 2.05) is 39.0 Å². The number of aryl methyl sites for hydroxylation is 1. The Labute approximate surface area is 145 Å². The second-order valence-electron chi connectivity index (χ2n) is 7.21. The highest BCUT2D eigenvalue weighted by molar-refractivity contribution is 5.98. The van der Waals surface area contributed by atoms with Crippen molar-refractivity contribution in [2.24, 2.45) is 5.92 Å². The number of nitrogens with one attached hydrogen (secondary N) is 2. The summed E-state index contributed by atoms with van der Waals surface area (Å²) < 4.78 is 0. The topological polar surface area (TPSA) is 58.2 Å². The van der Waals surface area contributed by atoms with Gasteiger partial charge in [0.25, 0.3) is 5.91 Å². The summed E-state index contributed by atoms with van der Waals surface area (Å²) >= 11 is 0. The molecule has 0 bridgehead atoms. The normalized spacial score (nSPS) is 17.2. The fourth-order valence-corrected chi connectivity index (χ4v) is 3.30. The van der Waals surface area contributed by atoms with Crippen LogP contribution in [0.25, 0.3) is 0 Å². The maximum Gasteiger partial charge on any atom is 0.252 e. The predicted octanol–water partition coefficient (Wildman–Crippen LogP) is 3.59. The van der Waals surface area contributed by atoms with E-state index in [0.717, 1.165) is 18.4 Å². The molecule has 2 amide bonds. The van der Waals surface area contributed by atoms with Crippen molar-refractivity contribution in [1.82, 2.24) is 10.6 Å². The van der Waals surface area contributed by atoms with Crippen molar-refractivity contribution >= 4 is 11.8 Å². The zero-order valence-corrected chi connectivity index (χ0v) is 15.1. The molecule has 0 spiro atoms. The van der Waals surface area contributed by atoms with Gasteiger partial charge in [-0.2, -0.15) is 0 Å². The van der Waals surface area contributed by atoms with Gasteiger partial charge in [0, 0.05) is 11.6 Å². The van der Waals surface area contributed by atoms with Crippen LogP contribution >= 0.6 is 0 Å². The fraction of sp³-hybridized carbons (Fsp3) is 0.600. The minimum absolute atomic E-state index is 0.0451. The van der Waals surface area contributed by atoms with Gasteiger partial charge in [0.2, 0.25) is 5.91 Å². The summed E-state index contributed by atoms with van der Waals surface area (Å²) in [5, 5.41) is 6.09. The molecule has 4 nitrogen and oxygen atoms in total. The number of amides is 2. The Hall–Kier alpha value is -1.84. The number of benzene rings is 1. The van der Waals surface area contributed by atoms with E-state index in [0.29, 0.717) is 5.56 Å². The van der Waals surface area contributed by atoms with E-state index in [2.05, 4.69) is 10.6 Å². The average molecular weight is 330 g/mol. The van der Waals surface area contributed by atoms with E-state index in [1.54, 1.807) is 6.07 Å². The zero-order valence-electron chi connectivity index (χ0n) is 15.1. The highest BCUT2D eigenvalue weighted by Crippen LogP contribution is 2.18. The highest BCUT2D eigenvalue weighted by atomic mass is 16.2. The smallest absolute Gasteiger partial charge is 0.252 e. The molecule has 1 aliphatic rings. The molecule has 4 heteroatoms. The summed E-state index contributed by atoms with van der Waals surface area (Å²) in [5.74, 6) is -0.189. The first kappa shape index (κ1) is 18.5. The van der Waals surface area contributed by atoms with E-state index in [4.69, 9.17) is 0 Å². The maximum absolute atomic E-state index is 12.7. The number of rotatable bonds is 5. The monoisotopic (exact) mass is 330 g/mol. The highest BCUT2D eigenvalue weighted by Gasteiger charge is 2.27. The van der Waals surface area contributed by atoms with Crippen molar-refractivity contribution in [3.63, 3.8) is 0 Å². The standard InChI is InChI=1S/C20H30N2O2/c1-14(2)18(20(24)21-16-11-6-4-5-7-12-16)22-19(23)17-13-9-8-10-15(17)3/h8-10,13-14,16,18H,4-7,11-12H2,1-3H3,(H,21,24)(H,22,23)/t18-/m0/s1. The van der Waals surface area contributed by atoms with Crippen molar-refractivity contribution < 1.29 is 9.59 Å². The van der Waals surface area contributed by atoms with Crippen LogP contribution < -0.4 is 10.6 Å². The minimum atomic E-state index is -0.500. The molecule has 1 fully saturated rings. The van der Waals surface area contributed by atoms with E-state index in [9.17, 15) is 9.59 Å². The van der Waals surface area contributed by atoms with Gasteiger partial charge < -0.3 is 10.6 Å². The first-order chi connectivity index (χ1) is 11.5. The van der Waals surface area contributed by atoms with Crippen molar-refractivity contribution in [2.45, 2.75) is 71.4 Å². The largest absolute Gasteiger partial charge is 0.352 e. The maximum atomic E-state index is 12.7. The summed E-state index contributed by atoms with van der Waals surface area (Å²) in [6.07, 6.45) is 6.94. The Kier molecular flexibility index (Phi) is 6.83. The van der Waals surface area contributed by atoms with E-state index in [1.165, 1.54) is 25.7 Å². The average Bonchev–Trinajstić information content (AvgIpc) is 2.81. The third-order valence-electron chi connectivity index (χ3n) is 4.83. The predicted molar refractivity (Wildman–Crippen MR) is 96.9 cm³/mol.